The van der Waals surface area contributed by atoms with Crippen molar-refractivity contribution in [1.82, 2.24) is 4.90 Å². The smallest absolute Gasteiger partial charge is 0.345 e. The van der Waals surface area contributed by atoms with Gasteiger partial charge in [-0.1, -0.05) is 19.2 Å². The van der Waals surface area contributed by atoms with Crippen LogP contribution in [-0.2, 0) is 4.74 Å². The van der Waals surface area contributed by atoms with E-state index in [1.807, 2.05) is 11.9 Å². The molecule has 0 atom stereocenters. The van der Waals surface area contributed by atoms with Gasteiger partial charge in [0.1, 0.15) is 4.88 Å². The molecule has 0 radical (unpaired) electrons. The van der Waals surface area contributed by atoms with E-state index in [4.69, 9.17) is 9.84 Å². The summed E-state index contributed by atoms with van der Waals surface area (Å²) >= 11 is 1.21. The van der Waals surface area contributed by atoms with Gasteiger partial charge in [-0.05, 0) is 11.6 Å². The predicted octanol–water partition coefficient (Wildman–Crippen LogP) is 2.64. The fourth-order valence-corrected chi connectivity index (χ4v) is 2.45. The minimum absolute atomic E-state index is 0.293. The number of carbonyl (C=O) groups is 1. The Bertz CT molecular complexity index is 465. The highest BCUT2D eigenvalue weighted by molar-refractivity contribution is 7.15. The zero-order chi connectivity index (χ0) is 13.7. The summed E-state index contributed by atoms with van der Waals surface area (Å²) in [6.45, 7) is 8.99. The molecule has 1 N–H and O–H groups in total. The Balaban J connectivity index is 2.97. The topological polar surface area (TPSA) is 49.8 Å². The molecule has 0 aliphatic heterocycles. The molecule has 0 amide bonds. The maximum absolute atomic E-state index is 11.0. The lowest BCUT2D eigenvalue weighted by molar-refractivity contribution is 0.0702. The molecule has 0 aliphatic rings. The largest absolute Gasteiger partial charge is 0.477 e. The Labute approximate surface area is 111 Å². The van der Waals surface area contributed by atoms with Crippen molar-refractivity contribution in [2.75, 3.05) is 27.3 Å². The number of rotatable bonds is 7. The summed E-state index contributed by atoms with van der Waals surface area (Å²) in [6.07, 6.45) is 1.65. The molecule has 1 aromatic heterocycles. The molecule has 0 fully saturated rings. The first-order valence-corrected chi connectivity index (χ1v) is 6.21. The van der Waals surface area contributed by atoms with Gasteiger partial charge >= 0.3 is 5.97 Å². The highest BCUT2D eigenvalue weighted by atomic mass is 32.1. The zero-order valence-electron chi connectivity index (χ0n) is 10.6. The highest BCUT2D eigenvalue weighted by Crippen LogP contribution is 2.30. The van der Waals surface area contributed by atoms with E-state index < -0.39 is 5.97 Å². The molecule has 1 rings (SSSR count). The first-order chi connectivity index (χ1) is 8.51. The van der Waals surface area contributed by atoms with Gasteiger partial charge < -0.3 is 14.7 Å². The van der Waals surface area contributed by atoms with Gasteiger partial charge in [-0.2, -0.15) is 0 Å². The minimum atomic E-state index is -0.929. The molecule has 1 heterocycles. The molecular weight excluding hydrogens is 250 g/mol. The van der Waals surface area contributed by atoms with Crippen molar-refractivity contribution in [3.8, 4) is 0 Å². The second-order valence-corrected chi connectivity index (χ2v) is 4.82. The molecule has 0 saturated carbocycles. The molecule has 5 heteroatoms. The van der Waals surface area contributed by atoms with Crippen molar-refractivity contribution < 1.29 is 14.6 Å². The van der Waals surface area contributed by atoms with E-state index in [2.05, 4.69) is 13.2 Å². The van der Waals surface area contributed by atoms with Gasteiger partial charge in [0, 0.05) is 26.4 Å². The Morgan fingerprint density at radius 2 is 2.33 bits per heavy atom. The van der Waals surface area contributed by atoms with Crippen LogP contribution in [-0.4, -0.2) is 43.3 Å². The van der Waals surface area contributed by atoms with Crippen molar-refractivity contribution in [2.24, 2.45) is 0 Å². The number of methoxy groups -OCH3 is 1. The number of thiophene rings is 1. The van der Waals surface area contributed by atoms with E-state index >= 15 is 0 Å². The van der Waals surface area contributed by atoms with Crippen LogP contribution >= 0.6 is 11.3 Å². The number of nitrogens with zero attached hydrogens (tertiary/aromatic N) is 1. The summed E-state index contributed by atoms with van der Waals surface area (Å²) in [5, 5.41) is 8.99. The molecular formula is C13H17NO3S. The Morgan fingerprint density at radius 1 is 1.67 bits per heavy atom. The van der Waals surface area contributed by atoms with Crippen molar-refractivity contribution in [2.45, 2.75) is 0 Å². The Morgan fingerprint density at radius 3 is 2.83 bits per heavy atom. The molecule has 0 aliphatic carbocycles. The van der Waals surface area contributed by atoms with Crippen molar-refractivity contribution >= 4 is 29.1 Å². The van der Waals surface area contributed by atoms with E-state index in [0.717, 1.165) is 16.1 Å². The van der Waals surface area contributed by atoms with Gasteiger partial charge in [0.05, 0.1) is 11.5 Å². The van der Waals surface area contributed by atoms with Crippen molar-refractivity contribution in [1.29, 1.82) is 0 Å². The lowest BCUT2D eigenvalue weighted by atomic mass is 10.2. The number of ether oxygens (including phenoxy) is 1. The second kappa shape index (κ2) is 6.37. The number of hydrogen-bond acceptors (Lipinski definition) is 4. The summed E-state index contributed by atoms with van der Waals surface area (Å²) in [7, 11) is 3.54. The van der Waals surface area contributed by atoms with Crippen LogP contribution < -0.4 is 0 Å². The first kappa shape index (κ1) is 14.5. The number of carboxylic acids is 1. The third-order valence-electron chi connectivity index (χ3n) is 2.55. The van der Waals surface area contributed by atoms with Crippen molar-refractivity contribution in [3.63, 3.8) is 0 Å². The van der Waals surface area contributed by atoms with Gasteiger partial charge in [0.25, 0.3) is 0 Å². The van der Waals surface area contributed by atoms with Crippen LogP contribution in [0.5, 0.6) is 0 Å². The fraction of sp³-hybridized carbons (Fsp3) is 0.308. The fourth-order valence-electron chi connectivity index (χ4n) is 1.42. The molecule has 0 spiro atoms. The molecule has 1 aromatic rings. The molecule has 0 aromatic carbocycles. The van der Waals surface area contributed by atoms with Gasteiger partial charge in [0.2, 0.25) is 0 Å². The van der Waals surface area contributed by atoms with Crippen LogP contribution in [0.15, 0.2) is 19.2 Å². The van der Waals surface area contributed by atoms with Crippen molar-refractivity contribution in [3.05, 3.63) is 34.5 Å². The molecule has 18 heavy (non-hydrogen) atoms. The van der Waals surface area contributed by atoms with Gasteiger partial charge in [0.15, 0.2) is 0 Å². The molecule has 0 bridgehead atoms. The van der Waals surface area contributed by atoms with E-state index in [-0.39, 0.29) is 0 Å². The zero-order valence-corrected chi connectivity index (χ0v) is 11.4. The van der Waals surface area contributed by atoms with Crippen LogP contribution in [0.2, 0.25) is 0 Å². The van der Waals surface area contributed by atoms with E-state index in [1.165, 1.54) is 11.3 Å². The summed E-state index contributed by atoms with van der Waals surface area (Å²) in [5.41, 5.74) is 1.58. The summed E-state index contributed by atoms with van der Waals surface area (Å²) in [4.78, 5) is 14.0. The average Bonchev–Trinajstić information content (AvgIpc) is 2.79. The summed E-state index contributed by atoms with van der Waals surface area (Å²) < 4.78 is 5.00. The normalized spacial score (nSPS) is 10.1. The van der Waals surface area contributed by atoms with E-state index in [1.54, 1.807) is 19.3 Å². The standard InChI is InChI=1S/C13H17NO3S/c1-5-10-8-11(13(15)16)18-12(10)9(2)14(3)6-7-17-4/h5,8H,1-2,6-7H2,3-4H3,(H,15,16). The Kier molecular flexibility index (Phi) is 5.12. The number of carboxylic acid groups (broad SMARTS) is 1. The number of likely N-dealkylation sites (N-methyl/N-ethyl adjacent to an activating group) is 1. The average molecular weight is 267 g/mol. The third kappa shape index (κ3) is 3.21. The van der Waals surface area contributed by atoms with Gasteiger partial charge in [-0.25, -0.2) is 4.79 Å². The maximum atomic E-state index is 11.0. The number of aromatic carboxylic acids is 1. The number of hydrogen-bond donors (Lipinski definition) is 1. The SMILES string of the molecule is C=Cc1cc(C(=O)O)sc1C(=C)N(C)CCOC. The lowest BCUT2D eigenvalue weighted by Gasteiger charge is -2.20. The Hall–Kier alpha value is -1.59. The summed E-state index contributed by atoms with van der Waals surface area (Å²) in [5.74, 6) is -0.929. The first-order valence-electron chi connectivity index (χ1n) is 5.40. The second-order valence-electron chi connectivity index (χ2n) is 3.77. The maximum Gasteiger partial charge on any atom is 0.345 e. The quantitative estimate of drug-likeness (QED) is 0.825. The van der Waals surface area contributed by atoms with Crippen LogP contribution in [0.25, 0.3) is 11.8 Å². The van der Waals surface area contributed by atoms with Crippen LogP contribution in [0.1, 0.15) is 20.1 Å². The minimum Gasteiger partial charge on any atom is -0.477 e. The monoisotopic (exact) mass is 267 g/mol. The van der Waals surface area contributed by atoms with Crippen LogP contribution in [0.3, 0.4) is 0 Å². The van der Waals surface area contributed by atoms with Gasteiger partial charge in [-0.15, -0.1) is 11.3 Å². The predicted molar refractivity (Wildman–Crippen MR) is 74.9 cm³/mol. The molecule has 4 nitrogen and oxygen atoms in total. The van der Waals surface area contributed by atoms with E-state index in [9.17, 15) is 4.79 Å². The molecule has 98 valence electrons. The molecule has 0 saturated heterocycles. The third-order valence-corrected chi connectivity index (χ3v) is 3.73. The highest BCUT2D eigenvalue weighted by Gasteiger charge is 2.16. The van der Waals surface area contributed by atoms with Crippen LogP contribution in [0.4, 0.5) is 0 Å². The molecule has 0 unspecified atom stereocenters. The van der Waals surface area contributed by atoms with E-state index in [0.29, 0.717) is 18.0 Å². The van der Waals surface area contributed by atoms with Gasteiger partial charge in [-0.3, -0.25) is 0 Å². The lowest BCUT2D eigenvalue weighted by Crippen LogP contribution is -2.20. The summed E-state index contributed by atoms with van der Waals surface area (Å²) in [6, 6.07) is 1.62. The van der Waals surface area contributed by atoms with Crippen LogP contribution in [0, 0.1) is 0 Å².